The van der Waals surface area contributed by atoms with E-state index in [4.69, 9.17) is 4.74 Å². The second-order valence-corrected chi connectivity index (χ2v) is 11.0. The van der Waals surface area contributed by atoms with Gasteiger partial charge in [0.05, 0.1) is 0 Å². The Kier molecular flexibility index (Phi) is 8.02. The van der Waals surface area contributed by atoms with Crippen molar-refractivity contribution in [3.63, 3.8) is 0 Å². The smallest absolute Gasteiger partial charge is 0.410 e. The third kappa shape index (κ3) is 7.70. The van der Waals surface area contributed by atoms with E-state index in [1.807, 2.05) is 20.8 Å². The van der Waals surface area contributed by atoms with E-state index in [0.717, 1.165) is 38.0 Å². The molecular weight excluding hydrogens is 409 g/mol. The highest BCUT2D eigenvalue weighted by Gasteiger charge is 2.26. The molecular formula is C22H32FNO5S. The third-order valence-electron chi connectivity index (χ3n) is 5.13. The van der Waals surface area contributed by atoms with Crippen LogP contribution in [0, 0.1) is 11.7 Å². The quantitative estimate of drug-likeness (QED) is 0.635. The number of benzene rings is 1. The van der Waals surface area contributed by atoms with Crippen molar-refractivity contribution in [2.24, 2.45) is 5.92 Å². The molecule has 0 spiro atoms. The van der Waals surface area contributed by atoms with Crippen LogP contribution >= 0.6 is 0 Å². The van der Waals surface area contributed by atoms with Crippen molar-refractivity contribution in [3.8, 4) is 0 Å². The summed E-state index contributed by atoms with van der Waals surface area (Å²) in [6, 6.07) is 3.83. The molecule has 1 saturated heterocycles. The Balaban J connectivity index is 1.72. The molecule has 1 fully saturated rings. The molecule has 0 saturated carbocycles. The van der Waals surface area contributed by atoms with Crippen LogP contribution in [0.4, 0.5) is 9.18 Å². The molecule has 1 amide bonds. The Morgan fingerprint density at radius 1 is 1.20 bits per heavy atom. The third-order valence-corrected chi connectivity index (χ3v) is 6.26. The van der Waals surface area contributed by atoms with Crippen LogP contribution in [0.1, 0.15) is 58.4 Å². The lowest BCUT2D eigenvalue weighted by molar-refractivity contribution is -0.118. The van der Waals surface area contributed by atoms with E-state index in [0.29, 0.717) is 31.0 Å². The molecule has 0 N–H and O–H groups in total. The molecule has 0 bridgehead atoms. The molecule has 6 nitrogen and oxygen atoms in total. The summed E-state index contributed by atoms with van der Waals surface area (Å²) in [6.45, 7) is 6.88. The summed E-state index contributed by atoms with van der Waals surface area (Å²) < 4.78 is 42.3. The molecule has 1 aromatic rings. The number of Topliss-reactive ketones (excluding diaryl/α,β-unsaturated/α-hetero) is 1. The lowest BCUT2D eigenvalue weighted by Gasteiger charge is -2.33. The first-order chi connectivity index (χ1) is 13.8. The van der Waals surface area contributed by atoms with E-state index in [1.165, 1.54) is 12.1 Å². The number of carbonyl (C=O) groups is 2. The lowest BCUT2D eigenvalue weighted by atomic mass is 9.91. The van der Waals surface area contributed by atoms with Crippen LogP contribution in [0.15, 0.2) is 23.1 Å². The maximum absolute atomic E-state index is 13.9. The van der Waals surface area contributed by atoms with Gasteiger partial charge in [-0.25, -0.2) is 17.6 Å². The van der Waals surface area contributed by atoms with Gasteiger partial charge in [0, 0.05) is 32.2 Å². The average molecular weight is 442 g/mol. The number of likely N-dealkylation sites (tertiary alicyclic amines) is 1. The minimum atomic E-state index is -3.62. The first-order valence-corrected chi connectivity index (χ1v) is 12.2. The van der Waals surface area contributed by atoms with Crippen molar-refractivity contribution < 1.29 is 27.1 Å². The van der Waals surface area contributed by atoms with Crippen molar-refractivity contribution in [2.45, 2.75) is 69.8 Å². The van der Waals surface area contributed by atoms with Gasteiger partial charge >= 0.3 is 6.09 Å². The highest BCUT2D eigenvalue weighted by Crippen LogP contribution is 2.24. The molecule has 1 heterocycles. The van der Waals surface area contributed by atoms with E-state index < -0.39 is 21.3 Å². The van der Waals surface area contributed by atoms with Gasteiger partial charge in [-0.1, -0.05) is 6.07 Å². The molecule has 30 heavy (non-hydrogen) atoms. The van der Waals surface area contributed by atoms with Gasteiger partial charge in [-0.3, -0.25) is 4.79 Å². The molecule has 0 unspecified atom stereocenters. The molecule has 0 aliphatic carbocycles. The summed E-state index contributed by atoms with van der Waals surface area (Å²) in [7, 11) is -3.62. The highest BCUT2D eigenvalue weighted by molar-refractivity contribution is 7.90. The monoisotopic (exact) mass is 441 g/mol. The molecule has 168 valence electrons. The predicted molar refractivity (Wildman–Crippen MR) is 113 cm³/mol. The van der Waals surface area contributed by atoms with Crippen LogP contribution in [0.5, 0.6) is 0 Å². The van der Waals surface area contributed by atoms with Crippen LogP contribution in [0.3, 0.4) is 0 Å². The summed E-state index contributed by atoms with van der Waals surface area (Å²) in [6.07, 6.45) is 4.63. The number of hydrogen-bond acceptors (Lipinski definition) is 5. The molecule has 8 heteroatoms. The summed E-state index contributed by atoms with van der Waals surface area (Å²) in [5.74, 6) is -0.338. The fourth-order valence-electron chi connectivity index (χ4n) is 3.59. The van der Waals surface area contributed by atoms with Crippen molar-refractivity contribution in [1.82, 2.24) is 4.90 Å². The Labute approximate surface area is 178 Å². The number of rotatable bonds is 7. The van der Waals surface area contributed by atoms with Gasteiger partial charge < -0.3 is 9.64 Å². The molecule has 0 atom stereocenters. The van der Waals surface area contributed by atoms with Crippen molar-refractivity contribution in [1.29, 1.82) is 0 Å². The average Bonchev–Trinajstić information content (AvgIpc) is 2.59. The van der Waals surface area contributed by atoms with Crippen LogP contribution in [0.25, 0.3) is 0 Å². The number of piperidine rings is 1. The van der Waals surface area contributed by atoms with Gasteiger partial charge in [0.15, 0.2) is 9.84 Å². The van der Waals surface area contributed by atoms with E-state index in [-0.39, 0.29) is 23.2 Å². The van der Waals surface area contributed by atoms with Crippen molar-refractivity contribution in [2.75, 3.05) is 19.3 Å². The van der Waals surface area contributed by atoms with E-state index in [1.54, 1.807) is 4.90 Å². The normalized spacial score (nSPS) is 15.8. The second kappa shape index (κ2) is 9.90. The van der Waals surface area contributed by atoms with Gasteiger partial charge in [-0.2, -0.15) is 0 Å². The highest BCUT2D eigenvalue weighted by atomic mass is 32.2. The number of halogens is 1. The zero-order valence-corrected chi connectivity index (χ0v) is 19.1. The number of carbonyl (C=O) groups excluding carboxylic acids is 2. The minimum Gasteiger partial charge on any atom is -0.444 e. The minimum absolute atomic E-state index is 0.00713. The van der Waals surface area contributed by atoms with Gasteiger partial charge in [0.1, 0.15) is 22.1 Å². The summed E-state index contributed by atoms with van der Waals surface area (Å²) >= 11 is 0. The maximum atomic E-state index is 13.9. The van der Waals surface area contributed by atoms with Crippen LogP contribution in [0.2, 0.25) is 0 Å². The van der Waals surface area contributed by atoms with Crippen LogP contribution in [-0.2, 0) is 25.8 Å². The van der Waals surface area contributed by atoms with E-state index in [2.05, 4.69) is 0 Å². The Morgan fingerprint density at radius 2 is 1.83 bits per heavy atom. The van der Waals surface area contributed by atoms with E-state index >= 15 is 0 Å². The van der Waals surface area contributed by atoms with Gasteiger partial charge in [0.2, 0.25) is 0 Å². The molecule has 2 rings (SSSR count). The SMILES string of the molecule is CC(C)(C)OC(=O)N1CCC(CCCC(=O)Cc2ccc(S(C)(=O)=O)c(F)c2)CC1. The number of hydrogen-bond donors (Lipinski definition) is 0. The summed E-state index contributed by atoms with van der Waals surface area (Å²) in [5.41, 5.74) is -0.0157. The van der Waals surface area contributed by atoms with Crippen LogP contribution in [-0.4, -0.2) is 50.1 Å². The lowest BCUT2D eigenvalue weighted by Crippen LogP contribution is -2.41. The molecule has 1 aromatic carbocycles. The number of nitrogens with zero attached hydrogens (tertiary/aromatic N) is 1. The fraction of sp³-hybridized carbons (Fsp3) is 0.636. The first-order valence-electron chi connectivity index (χ1n) is 10.3. The number of amides is 1. The molecule has 1 aliphatic rings. The molecule has 0 radical (unpaired) electrons. The largest absolute Gasteiger partial charge is 0.444 e. The van der Waals surface area contributed by atoms with Crippen LogP contribution < -0.4 is 0 Å². The topological polar surface area (TPSA) is 80.8 Å². The maximum Gasteiger partial charge on any atom is 0.410 e. The van der Waals surface area contributed by atoms with Gasteiger partial charge in [-0.05, 0) is 70.1 Å². The molecule has 0 aromatic heterocycles. The Bertz CT molecular complexity index is 868. The van der Waals surface area contributed by atoms with Gasteiger partial charge in [-0.15, -0.1) is 0 Å². The number of ether oxygens (including phenoxy) is 1. The molecule has 1 aliphatic heterocycles. The predicted octanol–water partition coefficient (Wildman–Crippen LogP) is 4.16. The number of sulfone groups is 1. The van der Waals surface area contributed by atoms with Gasteiger partial charge in [0.25, 0.3) is 0 Å². The first kappa shape index (κ1) is 24.3. The Hall–Kier alpha value is -1.96. The number of ketones is 1. The zero-order chi connectivity index (χ0) is 22.5. The van der Waals surface area contributed by atoms with Crippen molar-refractivity contribution >= 4 is 21.7 Å². The summed E-state index contributed by atoms with van der Waals surface area (Å²) in [4.78, 5) is 25.7. The Morgan fingerprint density at radius 3 is 2.37 bits per heavy atom. The standard InChI is InChI=1S/C22H32FNO5S/c1-22(2,3)29-21(26)24-12-10-16(11-13-24)6-5-7-18(25)14-17-8-9-20(19(23)15-17)30(4,27)28/h8-9,15-16H,5-7,10-14H2,1-4H3. The second-order valence-electron chi connectivity index (χ2n) is 9.06. The van der Waals surface area contributed by atoms with E-state index in [9.17, 15) is 22.4 Å². The summed E-state index contributed by atoms with van der Waals surface area (Å²) in [5, 5.41) is 0. The fourth-order valence-corrected chi connectivity index (χ4v) is 4.32. The van der Waals surface area contributed by atoms with Crippen molar-refractivity contribution in [3.05, 3.63) is 29.6 Å². The zero-order valence-electron chi connectivity index (χ0n) is 18.2.